The Morgan fingerprint density at radius 1 is 1.09 bits per heavy atom. The first-order chi connectivity index (χ1) is 11.0. The Kier molecular flexibility index (Phi) is 2.87. The minimum atomic E-state index is 0.762. The summed E-state index contributed by atoms with van der Waals surface area (Å²) in [6.07, 6.45) is 1.66. The lowest BCUT2D eigenvalue weighted by Gasteiger charge is -2.07. The maximum Gasteiger partial charge on any atom is 0.160 e. The van der Waals surface area contributed by atoms with Gasteiger partial charge in [-0.05, 0) is 50.6 Å². The standard InChI is InChI=1S/C17H17N5O/c1-10-8-15(18-17-16(10)12(3)20-21(17)4)22-13(9-11(2)19-22)14-6-5-7-23-14/h5-9H,1-4H3. The van der Waals surface area contributed by atoms with Gasteiger partial charge < -0.3 is 4.42 Å². The number of aryl methyl sites for hydroxylation is 4. The number of nitrogens with zero attached hydrogens (tertiary/aromatic N) is 5. The molecule has 0 amide bonds. The third-order valence-corrected chi connectivity index (χ3v) is 3.97. The van der Waals surface area contributed by atoms with E-state index in [2.05, 4.69) is 17.1 Å². The van der Waals surface area contributed by atoms with Gasteiger partial charge in [0.25, 0.3) is 0 Å². The normalized spacial score (nSPS) is 11.5. The van der Waals surface area contributed by atoms with Gasteiger partial charge >= 0.3 is 0 Å². The molecule has 0 N–H and O–H groups in total. The van der Waals surface area contributed by atoms with Gasteiger partial charge in [-0.15, -0.1) is 0 Å². The molecule has 4 heterocycles. The lowest BCUT2D eigenvalue weighted by molar-refractivity contribution is 0.576. The predicted octanol–water partition coefficient (Wildman–Crippen LogP) is 3.34. The Morgan fingerprint density at radius 3 is 2.65 bits per heavy atom. The van der Waals surface area contributed by atoms with Crippen LogP contribution in [0.5, 0.6) is 0 Å². The molecule has 23 heavy (non-hydrogen) atoms. The zero-order chi connectivity index (χ0) is 16.1. The van der Waals surface area contributed by atoms with Gasteiger partial charge in [0.15, 0.2) is 17.2 Å². The van der Waals surface area contributed by atoms with Gasteiger partial charge in [-0.3, -0.25) is 4.68 Å². The van der Waals surface area contributed by atoms with Gasteiger partial charge in [0.1, 0.15) is 5.69 Å². The molecule has 0 spiro atoms. The van der Waals surface area contributed by atoms with E-state index in [1.54, 1.807) is 6.26 Å². The summed E-state index contributed by atoms with van der Waals surface area (Å²) in [4.78, 5) is 4.77. The summed E-state index contributed by atoms with van der Waals surface area (Å²) in [6.45, 7) is 6.04. The summed E-state index contributed by atoms with van der Waals surface area (Å²) in [6, 6.07) is 7.82. The number of aromatic nitrogens is 5. The van der Waals surface area contributed by atoms with Crippen LogP contribution < -0.4 is 0 Å². The molecule has 0 radical (unpaired) electrons. The maximum absolute atomic E-state index is 5.53. The maximum atomic E-state index is 5.53. The quantitative estimate of drug-likeness (QED) is 0.570. The average molecular weight is 307 g/mol. The minimum absolute atomic E-state index is 0.762. The highest BCUT2D eigenvalue weighted by molar-refractivity contribution is 5.83. The van der Waals surface area contributed by atoms with E-state index in [0.29, 0.717) is 0 Å². The molecule has 4 aromatic heterocycles. The molecule has 4 aromatic rings. The van der Waals surface area contributed by atoms with E-state index >= 15 is 0 Å². The number of fused-ring (bicyclic) bond motifs is 1. The van der Waals surface area contributed by atoms with Crippen molar-refractivity contribution in [1.29, 1.82) is 0 Å². The summed E-state index contributed by atoms with van der Waals surface area (Å²) in [5.41, 5.74) is 4.78. The summed E-state index contributed by atoms with van der Waals surface area (Å²) < 4.78 is 9.17. The van der Waals surface area contributed by atoms with E-state index in [0.717, 1.165) is 45.3 Å². The number of rotatable bonds is 2. The van der Waals surface area contributed by atoms with E-state index in [1.165, 1.54) is 0 Å². The second-order valence-corrected chi connectivity index (χ2v) is 5.77. The van der Waals surface area contributed by atoms with Gasteiger partial charge in [0.05, 0.1) is 17.7 Å². The fourth-order valence-corrected chi connectivity index (χ4v) is 3.02. The van der Waals surface area contributed by atoms with Crippen molar-refractivity contribution >= 4 is 11.0 Å². The van der Waals surface area contributed by atoms with Crippen molar-refractivity contribution in [1.82, 2.24) is 24.5 Å². The second kappa shape index (κ2) is 4.81. The fourth-order valence-electron chi connectivity index (χ4n) is 3.02. The van der Waals surface area contributed by atoms with Crippen LogP contribution in [0.3, 0.4) is 0 Å². The average Bonchev–Trinajstić information content (AvgIpc) is 3.19. The molecule has 0 saturated heterocycles. The van der Waals surface area contributed by atoms with Crippen molar-refractivity contribution in [2.75, 3.05) is 0 Å². The van der Waals surface area contributed by atoms with Crippen molar-refractivity contribution in [2.24, 2.45) is 7.05 Å². The van der Waals surface area contributed by atoms with Crippen LogP contribution in [0.1, 0.15) is 17.0 Å². The summed E-state index contributed by atoms with van der Waals surface area (Å²) in [5.74, 6) is 1.53. The highest BCUT2D eigenvalue weighted by Crippen LogP contribution is 2.27. The molecule has 0 bridgehead atoms. The van der Waals surface area contributed by atoms with Crippen LogP contribution in [0.4, 0.5) is 0 Å². The van der Waals surface area contributed by atoms with Crippen LogP contribution in [-0.2, 0) is 7.05 Å². The van der Waals surface area contributed by atoms with Crippen LogP contribution in [-0.4, -0.2) is 24.5 Å². The smallest absolute Gasteiger partial charge is 0.160 e. The topological polar surface area (TPSA) is 61.7 Å². The van der Waals surface area contributed by atoms with Crippen LogP contribution in [0.2, 0.25) is 0 Å². The van der Waals surface area contributed by atoms with Gasteiger partial charge in [0, 0.05) is 12.4 Å². The second-order valence-electron chi connectivity index (χ2n) is 5.77. The van der Waals surface area contributed by atoms with Gasteiger partial charge in [0.2, 0.25) is 0 Å². The first-order valence-corrected chi connectivity index (χ1v) is 7.46. The van der Waals surface area contributed by atoms with Crippen molar-refractivity contribution in [3.05, 3.63) is 47.5 Å². The van der Waals surface area contributed by atoms with Crippen LogP contribution in [0.15, 0.2) is 34.9 Å². The molecule has 4 rings (SSSR count). The van der Waals surface area contributed by atoms with Gasteiger partial charge in [-0.2, -0.15) is 10.2 Å². The first kappa shape index (κ1) is 13.8. The highest BCUT2D eigenvalue weighted by atomic mass is 16.3. The van der Waals surface area contributed by atoms with Gasteiger partial charge in [-0.1, -0.05) is 0 Å². The van der Waals surface area contributed by atoms with Crippen molar-refractivity contribution in [3.8, 4) is 17.3 Å². The van der Waals surface area contributed by atoms with E-state index in [1.807, 2.05) is 54.5 Å². The SMILES string of the molecule is Cc1cc(-c2ccco2)n(-c2cc(C)c3c(C)nn(C)c3n2)n1. The number of hydrogen-bond donors (Lipinski definition) is 0. The lowest BCUT2D eigenvalue weighted by atomic mass is 10.1. The van der Waals surface area contributed by atoms with Crippen molar-refractivity contribution in [3.63, 3.8) is 0 Å². The molecule has 6 heteroatoms. The highest BCUT2D eigenvalue weighted by Gasteiger charge is 2.16. The molecule has 0 aromatic carbocycles. The molecule has 0 atom stereocenters. The number of furan rings is 1. The van der Waals surface area contributed by atoms with Gasteiger partial charge in [-0.25, -0.2) is 9.67 Å². The monoisotopic (exact) mass is 307 g/mol. The summed E-state index contributed by atoms with van der Waals surface area (Å²) in [5, 5.41) is 10.2. The van der Waals surface area contributed by atoms with Crippen LogP contribution in [0.25, 0.3) is 28.3 Å². The van der Waals surface area contributed by atoms with E-state index in [-0.39, 0.29) is 0 Å². The zero-order valence-corrected chi connectivity index (χ0v) is 13.5. The van der Waals surface area contributed by atoms with E-state index in [4.69, 9.17) is 9.40 Å². The Hall–Kier alpha value is -2.89. The molecule has 0 fully saturated rings. The predicted molar refractivity (Wildman–Crippen MR) is 87.5 cm³/mol. The van der Waals surface area contributed by atoms with E-state index in [9.17, 15) is 0 Å². The fraction of sp³-hybridized carbons (Fsp3) is 0.235. The molecule has 0 aliphatic rings. The summed E-state index contributed by atoms with van der Waals surface area (Å²) >= 11 is 0. The molecule has 0 aliphatic carbocycles. The Morgan fingerprint density at radius 2 is 1.91 bits per heavy atom. The third kappa shape index (κ3) is 2.06. The van der Waals surface area contributed by atoms with E-state index < -0.39 is 0 Å². The Bertz CT molecular complexity index is 1010. The third-order valence-electron chi connectivity index (χ3n) is 3.97. The zero-order valence-electron chi connectivity index (χ0n) is 13.5. The molecule has 0 unspecified atom stereocenters. The lowest BCUT2D eigenvalue weighted by Crippen LogP contribution is -2.04. The largest absolute Gasteiger partial charge is 0.463 e. The number of hydrogen-bond acceptors (Lipinski definition) is 4. The molecular formula is C17H17N5O. The van der Waals surface area contributed by atoms with Crippen LogP contribution >= 0.6 is 0 Å². The van der Waals surface area contributed by atoms with Crippen LogP contribution in [0, 0.1) is 20.8 Å². The Balaban J connectivity index is 1.99. The van der Waals surface area contributed by atoms with Crippen molar-refractivity contribution in [2.45, 2.75) is 20.8 Å². The summed E-state index contributed by atoms with van der Waals surface area (Å²) in [7, 11) is 1.91. The number of pyridine rings is 1. The van der Waals surface area contributed by atoms with Crippen molar-refractivity contribution < 1.29 is 4.42 Å². The molecular weight excluding hydrogens is 290 g/mol. The Labute approximate surface area is 133 Å². The first-order valence-electron chi connectivity index (χ1n) is 7.46. The molecule has 6 nitrogen and oxygen atoms in total. The minimum Gasteiger partial charge on any atom is -0.463 e. The molecule has 0 saturated carbocycles. The molecule has 0 aliphatic heterocycles. The molecule has 116 valence electrons.